The highest BCUT2D eigenvalue weighted by Gasteiger charge is 2.20. The number of hydrogen-bond donors (Lipinski definition) is 0. The van der Waals surface area contributed by atoms with E-state index in [1.807, 2.05) is 20.9 Å². The average Bonchev–Trinajstić information content (AvgIpc) is 2.74. The summed E-state index contributed by atoms with van der Waals surface area (Å²) in [5.74, 6) is -0.0198. The highest BCUT2D eigenvalue weighted by atomic mass is 79.9. The van der Waals surface area contributed by atoms with Crippen molar-refractivity contribution in [2.75, 3.05) is 0 Å². The lowest BCUT2D eigenvalue weighted by Gasteiger charge is -2.02. The summed E-state index contributed by atoms with van der Waals surface area (Å²) in [7, 11) is 3.58. The van der Waals surface area contributed by atoms with Crippen molar-refractivity contribution in [3.05, 3.63) is 27.2 Å². The largest absolute Gasteiger partial charge is 0.292 e. The van der Waals surface area contributed by atoms with Crippen LogP contribution in [0.2, 0.25) is 0 Å². The first-order valence-electron chi connectivity index (χ1n) is 5.49. The predicted molar refractivity (Wildman–Crippen MR) is 69.4 cm³/mol. The molecule has 96 valence electrons. The Morgan fingerprint density at radius 2 is 1.94 bits per heavy atom. The lowest BCUT2D eigenvalue weighted by molar-refractivity contribution is 0.0982. The molecule has 0 aliphatic heterocycles. The molecule has 0 spiro atoms. The van der Waals surface area contributed by atoms with Gasteiger partial charge in [0.25, 0.3) is 0 Å². The number of aromatic nitrogens is 5. The zero-order valence-corrected chi connectivity index (χ0v) is 12.3. The van der Waals surface area contributed by atoms with E-state index in [-0.39, 0.29) is 5.78 Å². The molecule has 0 fully saturated rings. The van der Waals surface area contributed by atoms with E-state index in [9.17, 15) is 4.79 Å². The van der Waals surface area contributed by atoms with Crippen molar-refractivity contribution in [1.82, 2.24) is 24.8 Å². The van der Waals surface area contributed by atoms with Gasteiger partial charge < -0.3 is 0 Å². The molecule has 0 amide bonds. The smallest absolute Gasteiger partial charge is 0.188 e. The van der Waals surface area contributed by atoms with Gasteiger partial charge in [0.1, 0.15) is 5.69 Å². The lowest BCUT2D eigenvalue weighted by atomic mass is 10.1. The number of hydrogen-bond acceptors (Lipinski definition) is 4. The third kappa shape index (κ3) is 2.10. The Balaban J connectivity index is 2.33. The van der Waals surface area contributed by atoms with E-state index < -0.39 is 0 Å². The first kappa shape index (κ1) is 12.9. The van der Waals surface area contributed by atoms with Gasteiger partial charge in [0.05, 0.1) is 5.69 Å². The minimum absolute atomic E-state index is 0.0198. The SMILES string of the molecule is Cc1nn(C)c(C)c1CC(=O)c1c(Br)nnn1C. The van der Waals surface area contributed by atoms with E-state index in [4.69, 9.17) is 0 Å². The highest BCUT2D eigenvalue weighted by molar-refractivity contribution is 9.10. The van der Waals surface area contributed by atoms with E-state index in [0.717, 1.165) is 17.0 Å². The molecule has 0 atom stereocenters. The van der Waals surface area contributed by atoms with Gasteiger partial charge in [0.15, 0.2) is 10.4 Å². The summed E-state index contributed by atoms with van der Waals surface area (Å²) >= 11 is 3.24. The molecule has 0 aliphatic rings. The fourth-order valence-corrected chi connectivity index (χ4v) is 2.49. The Kier molecular flexibility index (Phi) is 3.34. The molecule has 2 aromatic rings. The third-order valence-electron chi connectivity index (χ3n) is 3.05. The van der Waals surface area contributed by atoms with Gasteiger partial charge in [-0.15, -0.1) is 5.10 Å². The Morgan fingerprint density at radius 3 is 2.39 bits per heavy atom. The summed E-state index contributed by atoms with van der Waals surface area (Å²) in [5.41, 5.74) is 3.34. The highest BCUT2D eigenvalue weighted by Crippen LogP contribution is 2.18. The van der Waals surface area contributed by atoms with Gasteiger partial charge in [0, 0.05) is 31.8 Å². The van der Waals surface area contributed by atoms with E-state index in [2.05, 4.69) is 31.3 Å². The average molecular weight is 312 g/mol. The maximum atomic E-state index is 12.3. The molecule has 0 saturated carbocycles. The lowest BCUT2D eigenvalue weighted by Crippen LogP contribution is -2.11. The van der Waals surface area contributed by atoms with Crippen molar-refractivity contribution in [3.8, 4) is 0 Å². The van der Waals surface area contributed by atoms with Gasteiger partial charge in [-0.1, -0.05) is 5.21 Å². The van der Waals surface area contributed by atoms with Crippen molar-refractivity contribution in [1.29, 1.82) is 0 Å². The second-order valence-corrected chi connectivity index (χ2v) is 4.98. The molecule has 2 heterocycles. The molecule has 7 heteroatoms. The molecule has 0 radical (unpaired) electrons. The number of halogens is 1. The number of carbonyl (C=O) groups is 1. The number of ketones is 1. The molecule has 0 aromatic carbocycles. The summed E-state index contributed by atoms with van der Waals surface area (Å²) < 4.78 is 3.75. The number of aryl methyl sites for hydroxylation is 3. The van der Waals surface area contributed by atoms with Gasteiger partial charge >= 0.3 is 0 Å². The van der Waals surface area contributed by atoms with Gasteiger partial charge in [-0.2, -0.15) is 5.10 Å². The van der Waals surface area contributed by atoms with E-state index >= 15 is 0 Å². The second-order valence-electron chi connectivity index (χ2n) is 4.23. The van der Waals surface area contributed by atoms with Crippen LogP contribution in [0.1, 0.15) is 27.4 Å². The van der Waals surface area contributed by atoms with Crippen LogP contribution in [0, 0.1) is 13.8 Å². The normalized spacial score (nSPS) is 10.9. The molecule has 6 nitrogen and oxygen atoms in total. The van der Waals surface area contributed by atoms with Crippen LogP contribution in [-0.4, -0.2) is 30.6 Å². The summed E-state index contributed by atoms with van der Waals surface area (Å²) in [5, 5.41) is 11.9. The molecule has 0 saturated heterocycles. The summed E-state index contributed by atoms with van der Waals surface area (Å²) in [4.78, 5) is 12.3. The summed E-state index contributed by atoms with van der Waals surface area (Å²) in [6, 6.07) is 0. The van der Waals surface area contributed by atoms with E-state index in [0.29, 0.717) is 16.7 Å². The first-order valence-corrected chi connectivity index (χ1v) is 6.28. The number of nitrogens with zero attached hydrogens (tertiary/aromatic N) is 5. The van der Waals surface area contributed by atoms with Crippen LogP contribution in [0.3, 0.4) is 0 Å². The number of rotatable bonds is 3. The van der Waals surface area contributed by atoms with E-state index in [1.165, 1.54) is 4.68 Å². The molecule has 2 rings (SSSR count). The Labute approximate surface area is 113 Å². The van der Waals surface area contributed by atoms with Crippen molar-refractivity contribution in [2.24, 2.45) is 14.1 Å². The second kappa shape index (κ2) is 4.64. The van der Waals surface area contributed by atoms with Gasteiger partial charge in [0.2, 0.25) is 0 Å². The maximum Gasteiger partial charge on any atom is 0.188 e. The molecule has 0 N–H and O–H groups in total. The number of Topliss-reactive ketones (excluding diaryl/α,β-unsaturated/α-hetero) is 1. The van der Waals surface area contributed by atoms with E-state index in [1.54, 1.807) is 11.7 Å². The van der Waals surface area contributed by atoms with Crippen LogP contribution in [0.5, 0.6) is 0 Å². The third-order valence-corrected chi connectivity index (χ3v) is 3.58. The Morgan fingerprint density at radius 1 is 1.28 bits per heavy atom. The minimum atomic E-state index is -0.0198. The molecular weight excluding hydrogens is 298 g/mol. The van der Waals surface area contributed by atoms with Gasteiger partial charge in [-0.3, -0.25) is 9.48 Å². The van der Waals surface area contributed by atoms with Crippen molar-refractivity contribution in [3.63, 3.8) is 0 Å². The monoisotopic (exact) mass is 311 g/mol. The van der Waals surface area contributed by atoms with Crippen LogP contribution in [-0.2, 0) is 20.5 Å². The summed E-state index contributed by atoms with van der Waals surface area (Å²) in [6.07, 6.45) is 0.311. The fraction of sp³-hybridized carbons (Fsp3) is 0.455. The van der Waals surface area contributed by atoms with Crippen LogP contribution in [0.15, 0.2) is 4.60 Å². The molecule has 0 aliphatic carbocycles. The molecule has 2 aromatic heterocycles. The zero-order chi connectivity index (χ0) is 13.4. The molecule has 0 unspecified atom stereocenters. The topological polar surface area (TPSA) is 65.6 Å². The van der Waals surface area contributed by atoms with Crippen molar-refractivity contribution in [2.45, 2.75) is 20.3 Å². The van der Waals surface area contributed by atoms with Gasteiger partial charge in [-0.25, -0.2) is 4.68 Å². The van der Waals surface area contributed by atoms with Crippen LogP contribution >= 0.6 is 15.9 Å². The maximum absolute atomic E-state index is 12.3. The standard InChI is InChI=1S/C11H14BrN5O/c1-6-8(7(2)16(3)14-6)5-9(18)10-11(12)13-15-17(10)4/h5H2,1-4H3. The Hall–Kier alpha value is -1.50. The zero-order valence-electron chi connectivity index (χ0n) is 10.7. The predicted octanol–water partition coefficient (Wildman–Crippen LogP) is 1.35. The van der Waals surface area contributed by atoms with Crippen molar-refractivity contribution >= 4 is 21.7 Å². The van der Waals surface area contributed by atoms with Crippen LogP contribution < -0.4 is 0 Å². The first-order chi connectivity index (χ1) is 8.41. The minimum Gasteiger partial charge on any atom is -0.292 e. The Bertz CT molecular complexity index is 594. The summed E-state index contributed by atoms with van der Waals surface area (Å²) in [6.45, 7) is 3.87. The van der Waals surface area contributed by atoms with Crippen molar-refractivity contribution < 1.29 is 4.79 Å². The van der Waals surface area contributed by atoms with Crippen LogP contribution in [0.25, 0.3) is 0 Å². The molecule has 18 heavy (non-hydrogen) atoms. The quantitative estimate of drug-likeness (QED) is 0.803. The fourth-order valence-electron chi connectivity index (χ4n) is 1.95. The van der Waals surface area contributed by atoms with Gasteiger partial charge in [-0.05, 0) is 29.8 Å². The number of carbonyl (C=O) groups excluding carboxylic acids is 1. The van der Waals surface area contributed by atoms with Crippen LogP contribution in [0.4, 0.5) is 0 Å². The molecule has 0 bridgehead atoms. The molecular formula is C11H14BrN5O.